The SMILES string of the molecule is O=C(Nc1cc(F)c(F)cc1C(=O)O)c1ccc2nnnn2n1. The van der Waals surface area contributed by atoms with Gasteiger partial charge >= 0.3 is 5.97 Å². The molecule has 0 aliphatic rings. The molecule has 0 unspecified atom stereocenters. The first-order chi connectivity index (χ1) is 11.0. The number of benzene rings is 1. The second-order valence-electron chi connectivity index (χ2n) is 4.32. The van der Waals surface area contributed by atoms with Gasteiger partial charge in [0.2, 0.25) is 0 Å². The number of halogens is 2. The maximum Gasteiger partial charge on any atom is 0.337 e. The van der Waals surface area contributed by atoms with Crippen LogP contribution in [0.15, 0.2) is 24.3 Å². The molecule has 23 heavy (non-hydrogen) atoms. The van der Waals surface area contributed by atoms with Gasteiger partial charge < -0.3 is 10.4 Å². The number of nitrogens with zero attached hydrogens (tertiary/aromatic N) is 5. The fraction of sp³-hybridized carbons (Fsp3) is 0. The quantitative estimate of drug-likeness (QED) is 0.730. The fourth-order valence-corrected chi connectivity index (χ4v) is 1.78. The average Bonchev–Trinajstić information content (AvgIpc) is 2.97. The number of tetrazole rings is 1. The lowest BCUT2D eigenvalue weighted by atomic mass is 10.1. The molecule has 3 rings (SSSR count). The number of rotatable bonds is 3. The largest absolute Gasteiger partial charge is 0.478 e. The molecule has 0 aliphatic carbocycles. The van der Waals surface area contributed by atoms with Crippen LogP contribution in [-0.2, 0) is 0 Å². The summed E-state index contributed by atoms with van der Waals surface area (Å²) < 4.78 is 27.4. The van der Waals surface area contributed by atoms with Crippen LogP contribution in [0.25, 0.3) is 5.65 Å². The summed E-state index contributed by atoms with van der Waals surface area (Å²) >= 11 is 0. The van der Waals surface area contributed by atoms with E-state index in [1.54, 1.807) is 0 Å². The zero-order valence-corrected chi connectivity index (χ0v) is 11.1. The number of hydrogen-bond donors (Lipinski definition) is 2. The lowest BCUT2D eigenvalue weighted by Crippen LogP contribution is -2.18. The summed E-state index contributed by atoms with van der Waals surface area (Å²) in [5.74, 6) is -5.00. The maximum atomic E-state index is 13.3. The van der Waals surface area contributed by atoms with Crippen molar-refractivity contribution >= 4 is 23.2 Å². The van der Waals surface area contributed by atoms with Crippen LogP contribution in [0.1, 0.15) is 20.8 Å². The van der Waals surface area contributed by atoms with Crippen LogP contribution in [0.3, 0.4) is 0 Å². The summed E-state index contributed by atoms with van der Waals surface area (Å²) in [4.78, 5) is 23.1. The molecule has 0 bridgehead atoms. The standard InChI is InChI=1S/C12H6F2N6O3/c13-6-3-5(12(22)23)9(4-7(6)14)15-11(21)8-1-2-10-16-18-19-20(10)17-8/h1-4H,(H,15,21)(H,22,23). The molecular weight excluding hydrogens is 314 g/mol. The first-order valence-corrected chi connectivity index (χ1v) is 6.05. The van der Waals surface area contributed by atoms with Crippen molar-refractivity contribution in [2.24, 2.45) is 0 Å². The molecule has 0 spiro atoms. The number of aromatic carboxylic acids is 1. The molecule has 2 aromatic heterocycles. The van der Waals surface area contributed by atoms with E-state index in [4.69, 9.17) is 5.11 Å². The Hall–Kier alpha value is -3.50. The van der Waals surface area contributed by atoms with Crippen molar-refractivity contribution in [3.8, 4) is 0 Å². The number of anilines is 1. The lowest BCUT2D eigenvalue weighted by molar-refractivity contribution is 0.0697. The highest BCUT2D eigenvalue weighted by Gasteiger charge is 2.18. The van der Waals surface area contributed by atoms with Gasteiger partial charge in [0.05, 0.1) is 11.3 Å². The van der Waals surface area contributed by atoms with Crippen LogP contribution in [0.5, 0.6) is 0 Å². The van der Waals surface area contributed by atoms with E-state index in [0.29, 0.717) is 17.8 Å². The Kier molecular flexibility index (Phi) is 3.37. The van der Waals surface area contributed by atoms with Gasteiger partial charge in [-0.15, -0.1) is 14.8 Å². The smallest absolute Gasteiger partial charge is 0.337 e. The van der Waals surface area contributed by atoms with Crippen molar-refractivity contribution in [2.45, 2.75) is 0 Å². The first kappa shape index (κ1) is 14.4. The summed E-state index contributed by atoms with van der Waals surface area (Å²) in [6.07, 6.45) is 0. The number of amides is 1. The Bertz CT molecular complexity index is 942. The maximum absolute atomic E-state index is 13.3. The minimum atomic E-state index is -1.52. The summed E-state index contributed by atoms with van der Waals surface area (Å²) in [6, 6.07) is 3.75. The van der Waals surface area contributed by atoms with E-state index in [-0.39, 0.29) is 5.69 Å². The Balaban J connectivity index is 1.96. The number of carbonyl (C=O) groups excluding carboxylic acids is 1. The first-order valence-electron chi connectivity index (χ1n) is 6.05. The van der Waals surface area contributed by atoms with Gasteiger partial charge in [0.25, 0.3) is 5.91 Å². The number of carbonyl (C=O) groups is 2. The normalized spacial score (nSPS) is 10.7. The third-order valence-electron chi connectivity index (χ3n) is 2.84. The second-order valence-corrected chi connectivity index (χ2v) is 4.32. The molecule has 11 heteroatoms. The second kappa shape index (κ2) is 5.36. The predicted octanol–water partition coefficient (Wildman–Crippen LogP) is 0.748. The summed E-state index contributed by atoms with van der Waals surface area (Å²) in [6.45, 7) is 0. The molecule has 1 amide bonds. The third kappa shape index (κ3) is 2.66. The third-order valence-corrected chi connectivity index (χ3v) is 2.84. The number of hydrogen-bond acceptors (Lipinski definition) is 6. The van der Waals surface area contributed by atoms with E-state index in [9.17, 15) is 18.4 Å². The summed E-state index contributed by atoms with van der Waals surface area (Å²) in [5.41, 5.74) is -0.854. The fourth-order valence-electron chi connectivity index (χ4n) is 1.78. The zero-order valence-electron chi connectivity index (χ0n) is 11.1. The molecule has 3 aromatic rings. The van der Waals surface area contributed by atoms with Crippen LogP contribution < -0.4 is 5.32 Å². The van der Waals surface area contributed by atoms with Gasteiger partial charge in [0, 0.05) is 6.07 Å². The zero-order chi connectivity index (χ0) is 16.6. The number of aromatic nitrogens is 5. The van der Waals surface area contributed by atoms with Gasteiger partial charge in [-0.1, -0.05) is 0 Å². The Morgan fingerprint density at radius 2 is 1.91 bits per heavy atom. The lowest BCUT2D eigenvalue weighted by Gasteiger charge is -2.08. The molecule has 116 valence electrons. The van der Waals surface area contributed by atoms with E-state index in [0.717, 1.165) is 4.63 Å². The van der Waals surface area contributed by atoms with E-state index >= 15 is 0 Å². The van der Waals surface area contributed by atoms with E-state index in [1.807, 2.05) is 0 Å². The van der Waals surface area contributed by atoms with Crippen molar-refractivity contribution in [3.63, 3.8) is 0 Å². The molecular formula is C12H6F2N6O3. The molecule has 0 saturated heterocycles. The number of fused-ring (bicyclic) bond motifs is 1. The molecule has 0 saturated carbocycles. The minimum absolute atomic E-state index is 0.147. The van der Waals surface area contributed by atoms with Gasteiger partial charge in [-0.25, -0.2) is 13.6 Å². The monoisotopic (exact) mass is 320 g/mol. The van der Waals surface area contributed by atoms with Gasteiger partial charge in [0.1, 0.15) is 0 Å². The van der Waals surface area contributed by atoms with Crippen LogP contribution in [0, 0.1) is 11.6 Å². The molecule has 0 aliphatic heterocycles. The average molecular weight is 320 g/mol. The van der Waals surface area contributed by atoms with Crippen molar-refractivity contribution in [1.29, 1.82) is 0 Å². The van der Waals surface area contributed by atoms with Crippen molar-refractivity contribution in [2.75, 3.05) is 5.32 Å². The van der Waals surface area contributed by atoms with Crippen LogP contribution in [0.4, 0.5) is 14.5 Å². The van der Waals surface area contributed by atoms with Crippen molar-refractivity contribution < 1.29 is 23.5 Å². The predicted molar refractivity (Wildman–Crippen MR) is 69.8 cm³/mol. The Morgan fingerprint density at radius 1 is 1.17 bits per heavy atom. The molecule has 9 nitrogen and oxygen atoms in total. The summed E-state index contributed by atoms with van der Waals surface area (Å²) in [7, 11) is 0. The molecule has 0 atom stereocenters. The Labute approximate surface area is 125 Å². The molecule has 2 N–H and O–H groups in total. The molecule has 1 aromatic carbocycles. The van der Waals surface area contributed by atoms with Crippen LogP contribution >= 0.6 is 0 Å². The molecule has 0 radical (unpaired) electrons. The number of nitrogens with one attached hydrogen (secondary N) is 1. The van der Waals surface area contributed by atoms with E-state index < -0.39 is 34.8 Å². The highest BCUT2D eigenvalue weighted by atomic mass is 19.2. The van der Waals surface area contributed by atoms with Crippen LogP contribution in [0.2, 0.25) is 0 Å². The topological polar surface area (TPSA) is 122 Å². The van der Waals surface area contributed by atoms with Gasteiger partial charge in [-0.3, -0.25) is 4.79 Å². The number of carboxylic acid groups (broad SMARTS) is 1. The number of carboxylic acids is 1. The summed E-state index contributed by atoms with van der Waals surface area (Å²) in [5, 5.41) is 25.4. The van der Waals surface area contributed by atoms with Gasteiger partial charge in [-0.2, -0.15) is 0 Å². The van der Waals surface area contributed by atoms with Crippen molar-refractivity contribution in [1.82, 2.24) is 25.3 Å². The van der Waals surface area contributed by atoms with Gasteiger partial charge in [-0.05, 0) is 28.6 Å². The molecule has 2 heterocycles. The van der Waals surface area contributed by atoms with Crippen LogP contribution in [-0.4, -0.2) is 42.2 Å². The van der Waals surface area contributed by atoms with Gasteiger partial charge in [0.15, 0.2) is 23.0 Å². The highest BCUT2D eigenvalue weighted by Crippen LogP contribution is 2.20. The van der Waals surface area contributed by atoms with E-state index in [2.05, 4.69) is 25.9 Å². The van der Waals surface area contributed by atoms with Crippen molar-refractivity contribution in [3.05, 3.63) is 47.2 Å². The Morgan fingerprint density at radius 3 is 2.65 bits per heavy atom. The highest BCUT2D eigenvalue weighted by molar-refractivity contribution is 6.06. The minimum Gasteiger partial charge on any atom is -0.478 e. The molecule has 0 fully saturated rings. The van der Waals surface area contributed by atoms with E-state index in [1.165, 1.54) is 12.1 Å².